The van der Waals surface area contributed by atoms with Gasteiger partial charge in [0.2, 0.25) is 0 Å². The Morgan fingerprint density at radius 2 is 1.88 bits per heavy atom. The van der Waals surface area contributed by atoms with Gasteiger partial charge in [-0.15, -0.1) is 0 Å². The van der Waals surface area contributed by atoms with Crippen molar-refractivity contribution < 1.29 is 23.1 Å². The lowest BCUT2D eigenvalue weighted by Gasteiger charge is -2.05. The molecule has 92 valence electrons. The van der Waals surface area contributed by atoms with Gasteiger partial charge in [-0.05, 0) is 29.5 Å². The summed E-state index contributed by atoms with van der Waals surface area (Å²) in [5.41, 5.74) is -3.63. The van der Waals surface area contributed by atoms with E-state index < -0.39 is 11.5 Å². The van der Waals surface area contributed by atoms with E-state index in [2.05, 4.69) is 0 Å². The first-order valence-electron chi connectivity index (χ1n) is 4.61. The van der Waals surface area contributed by atoms with E-state index >= 15 is 0 Å². The van der Waals surface area contributed by atoms with Crippen molar-refractivity contribution in [3.05, 3.63) is 35.9 Å². The van der Waals surface area contributed by atoms with Gasteiger partial charge in [0.1, 0.15) is 0 Å². The Morgan fingerprint density at radius 1 is 1.29 bits per heavy atom. The maximum Gasteiger partial charge on any atom is 0.446 e. The van der Waals surface area contributed by atoms with Gasteiger partial charge in [-0.1, -0.05) is 24.3 Å². The molecule has 0 unspecified atom stereocenters. The Hall–Kier alpha value is -1.43. The summed E-state index contributed by atoms with van der Waals surface area (Å²) in [6.45, 7) is 0. The first-order valence-corrected chi connectivity index (χ1v) is 5.42. The zero-order chi connectivity index (χ0) is 12.9. The summed E-state index contributed by atoms with van der Waals surface area (Å²) in [5, 5.41) is 8.38. The van der Waals surface area contributed by atoms with Crippen LogP contribution in [0.1, 0.15) is 12.0 Å². The highest BCUT2D eigenvalue weighted by atomic mass is 32.2. The molecule has 0 saturated heterocycles. The number of benzene rings is 1. The van der Waals surface area contributed by atoms with Crippen LogP contribution in [0, 0.1) is 0 Å². The number of halogens is 3. The fourth-order valence-electron chi connectivity index (χ4n) is 1.08. The minimum atomic E-state index is -4.29. The molecule has 0 aliphatic heterocycles. The van der Waals surface area contributed by atoms with Gasteiger partial charge in [0.25, 0.3) is 0 Å². The first kappa shape index (κ1) is 13.6. The van der Waals surface area contributed by atoms with E-state index in [1.807, 2.05) is 0 Å². The Morgan fingerprint density at radius 3 is 2.35 bits per heavy atom. The molecule has 1 rings (SSSR count). The standard InChI is InChI=1S/C11H9F3O2S/c12-11(13,14)17-9-6-4-8(5-7-9)2-1-3-10(15)16/h1-2,4-7H,3H2,(H,15,16). The van der Waals surface area contributed by atoms with Crippen molar-refractivity contribution in [2.75, 3.05) is 0 Å². The van der Waals surface area contributed by atoms with Crippen LogP contribution >= 0.6 is 11.8 Å². The largest absolute Gasteiger partial charge is 0.481 e. The van der Waals surface area contributed by atoms with Crippen molar-refractivity contribution in [1.29, 1.82) is 0 Å². The van der Waals surface area contributed by atoms with Crippen molar-refractivity contribution in [3.63, 3.8) is 0 Å². The molecular weight excluding hydrogens is 253 g/mol. The molecule has 0 spiro atoms. The van der Waals surface area contributed by atoms with Crippen LogP contribution in [0.3, 0.4) is 0 Å². The molecule has 0 amide bonds. The Bertz CT molecular complexity index is 410. The lowest BCUT2D eigenvalue weighted by atomic mass is 10.2. The second-order valence-electron chi connectivity index (χ2n) is 3.12. The molecule has 0 aliphatic carbocycles. The number of carboxylic acid groups (broad SMARTS) is 1. The number of aliphatic carboxylic acids is 1. The molecule has 1 N–H and O–H groups in total. The molecule has 1 aromatic rings. The molecule has 0 saturated carbocycles. The van der Waals surface area contributed by atoms with E-state index in [4.69, 9.17) is 5.11 Å². The SMILES string of the molecule is O=C(O)CC=Cc1ccc(SC(F)(F)F)cc1. The zero-order valence-electron chi connectivity index (χ0n) is 8.57. The van der Waals surface area contributed by atoms with Crippen LogP contribution in [0.2, 0.25) is 0 Å². The Labute approximate surface area is 100 Å². The normalized spacial score (nSPS) is 11.9. The van der Waals surface area contributed by atoms with Crippen molar-refractivity contribution >= 4 is 23.8 Å². The van der Waals surface area contributed by atoms with Crippen LogP contribution in [0.15, 0.2) is 35.2 Å². The van der Waals surface area contributed by atoms with Gasteiger partial charge < -0.3 is 5.11 Å². The molecule has 2 nitrogen and oxygen atoms in total. The Kier molecular flexibility index (Phi) is 4.62. The van der Waals surface area contributed by atoms with Gasteiger partial charge in [0.05, 0.1) is 6.42 Å². The van der Waals surface area contributed by atoms with E-state index in [0.717, 1.165) is 0 Å². The fourth-order valence-corrected chi connectivity index (χ4v) is 1.62. The maximum absolute atomic E-state index is 12.0. The van der Waals surface area contributed by atoms with Crippen molar-refractivity contribution in [2.45, 2.75) is 16.8 Å². The maximum atomic E-state index is 12.0. The fraction of sp³-hybridized carbons (Fsp3) is 0.182. The van der Waals surface area contributed by atoms with Crippen LogP contribution in [-0.2, 0) is 4.79 Å². The van der Waals surface area contributed by atoms with Gasteiger partial charge in [0.15, 0.2) is 0 Å². The molecule has 17 heavy (non-hydrogen) atoms. The highest BCUT2D eigenvalue weighted by Crippen LogP contribution is 2.36. The zero-order valence-corrected chi connectivity index (χ0v) is 9.39. The summed E-state index contributed by atoms with van der Waals surface area (Å²) < 4.78 is 36.1. The van der Waals surface area contributed by atoms with E-state index in [1.165, 1.54) is 30.3 Å². The number of rotatable bonds is 4. The van der Waals surface area contributed by atoms with Gasteiger partial charge in [-0.25, -0.2) is 0 Å². The third kappa shape index (κ3) is 6.01. The minimum Gasteiger partial charge on any atom is -0.481 e. The number of hydrogen-bond donors (Lipinski definition) is 1. The smallest absolute Gasteiger partial charge is 0.446 e. The number of hydrogen-bond acceptors (Lipinski definition) is 2. The van der Waals surface area contributed by atoms with Gasteiger partial charge in [0, 0.05) is 4.90 Å². The topological polar surface area (TPSA) is 37.3 Å². The molecule has 1 aromatic carbocycles. The third-order valence-corrected chi connectivity index (χ3v) is 2.46. The summed E-state index contributed by atoms with van der Waals surface area (Å²) in [7, 11) is 0. The lowest BCUT2D eigenvalue weighted by molar-refractivity contribution is -0.135. The minimum absolute atomic E-state index is 0.105. The van der Waals surface area contributed by atoms with Crippen LogP contribution in [0.4, 0.5) is 13.2 Å². The summed E-state index contributed by atoms with van der Waals surface area (Å²) in [4.78, 5) is 10.3. The summed E-state index contributed by atoms with van der Waals surface area (Å²) in [6, 6.07) is 5.70. The number of thioether (sulfide) groups is 1. The van der Waals surface area contributed by atoms with Crippen LogP contribution < -0.4 is 0 Å². The molecule has 0 fully saturated rings. The predicted octanol–water partition coefficient (Wildman–Crippen LogP) is 3.79. The molecule has 0 aliphatic rings. The van der Waals surface area contributed by atoms with Gasteiger partial charge in [-0.3, -0.25) is 4.79 Å². The predicted molar refractivity (Wildman–Crippen MR) is 59.6 cm³/mol. The number of alkyl halides is 3. The molecule has 0 atom stereocenters. The summed E-state index contributed by atoms with van der Waals surface area (Å²) in [5.74, 6) is -0.953. The molecule has 0 heterocycles. The van der Waals surface area contributed by atoms with Crippen molar-refractivity contribution in [1.82, 2.24) is 0 Å². The molecule has 0 bridgehead atoms. The highest BCUT2D eigenvalue weighted by Gasteiger charge is 2.28. The Balaban J connectivity index is 2.62. The quantitative estimate of drug-likeness (QED) is 0.839. The lowest BCUT2D eigenvalue weighted by Crippen LogP contribution is -1.98. The van der Waals surface area contributed by atoms with Crippen LogP contribution in [0.25, 0.3) is 6.08 Å². The molecule has 6 heteroatoms. The average Bonchev–Trinajstić information content (AvgIpc) is 2.18. The second-order valence-corrected chi connectivity index (χ2v) is 4.26. The molecule has 0 aromatic heterocycles. The molecular formula is C11H9F3O2S. The van der Waals surface area contributed by atoms with Gasteiger partial charge >= 0.3 is 11.5 Å². The number of carbonyl (C=O) groups is 1. The monoisotopic (exact) mass is 262 g/mol. The average molecular weight is 262 g/mol. The van der Waals surface area contributed by atoms with Gasteiger partial charge in [-0.2, -0.15) is 13.2 Å². The first-order chi connectivity index (χ1) is 7.87. The van der Waals surface area contributed by atoms with Crippen LogP contribution in [0.5, 0.6) is 0 Å². The van der Waals surface area contributed by atoms with E-state index in [-0.39, 0.29) is 23.1 Å². The van der Waals surface area contributed by atoms with Crippen molar-refractivity contribution in [3.8, 4) is 0 Å². The summed E-state index contributed by atoms with van der Waals surface area (Å²) in [6.07, 6.45) is 2.88. The summed E-state index contributed by atoms with van der Waals surface area (Å²) >= 11 is -0.180. The van der Waals surface area contributed by atoms with E-state index in [9.17, 15) is 18.0 Å². The van der Waals surface area contributed by atoms with Crippen molar-refractivity contribution in [2.24, 2.45) is 0 Å². The van der Waals surface area contributed by atoms with Crippen LogP contribution in [-0.4, -0.2) is 16.6 Å². The highest BCUT2D eigenvalue weighted by molar-refractivity contribution is 8.00. The van der Waals surface area contributed by atoms with E-state index in [0.29, 0.717) is 5.56 Å². The molecule has 0 radical (unpaired) electrons. The van der Waals surface area contributed by atoms with E-state index in [1.54, 1.807) is 6.08 Å². The third-order valence-electron chi connectivity index (χ3n) is 1.72. The number of carboxylic acids is 1. The second kappa shape index (κ2) is 5.77.